The van der Waals surface area contributed by atoms with E-state index in [2.05, 4.69) is 10.3 Å². The summed E-state index contributed by atoms with van der Waals surface area (Å²) in [5.74, 6) is -0.533. The van der Waals surface area contributed by atoms with E-state index in [1.807, 2.05) is 12.1 Å². The normalized spacial score (nSPS) is 10.8. The lowest BCUT2D eigenvalue weighted by Crippen LogP contribution is -2.11. The molecule has 0 fully saturated rings. The minimum absolute atomic E-state index is 0.0812. The zero-order chi connectivity index (χ0) is 14.8. The first-order chi connectivity index (χ1) is 10.1. The molecule has 0 amide bonds. The molecule has 3 nitrogen and oxygen atoms in total. The summed E-state index contributed by atoms with van der Waals surface area (Å²) in [6.07, 6.45) is 0. The number of halogens is 2. The fourth-order valence-corrected chi connectivity index (χ4v) is 2.18. The van der Waals surface area contributed by atoms with E-state index in [4.69, 9.17) is 0 Å². The average molecular weight is 286 g/mol. The van der Waals surface area contributed by atoms with Crippen LogP contribution in [0.5, 0.6) is 0 Å². The summed E-state index contributed by atoms with van der Waals surface area (Å²) in [5.41, 5.74) is -0.0284. The molecule has 1 aromatic heterocycles. The van der Waals surface area contributed by atoms with Crippen molar-refractivity contribution in [2.24, 2.45) is 0 Å². The maximum atomic E-state index is 13.5. The van der Waals surface area contributed by atoms with Gasteiger partial charge in [0, 0.05) is 17.5 Å². The van der Waals surface area contributed by atoms with Gasteiger partial charge in [-0.25, -0.2) is 8.78 Å². The number of fused-ring (bicyclic) bond motifs is 1. The standard InChI is InChI=1S/C16H12F2N2O/c17-12-5-6-14(18)11(7-12)9-19-15-8-10-3-1-2-4-13(10)16(21)20-15/h1-8H,9H2,(H2,19,20,21). The molecule has 0 aliphatic carbocycles. The molecule has 5 heteroatoms. The Kier molecular flexibility index (Phi) is 3.39. The molecule has 21 heavy (non-hydrogen) atoms. The highest BCUT2D eigenvalue weighted by atomic mass is 19.1. The van der Waals surface area contributed by atoms with E-state index in [9.17, 15) is 13.6 Å². The number of anilines is 1. The molecule has 0 aliphatic rings. The largest absolute Gasteiger partial charge is 0.367 e. The zero-order valence-corrected chi connectivity index (χ0v) is 11.0. The Bertz CT molecular complexity index is 858. The lowest BCUT2D eigenvalue weighted by atomic mass is 10.1. The molecule has 0 saturated heterocycles. The topological polar surface area (TPSA) is 44.9 Å². The first-order valence-electron chi connectivity index (χ1n) is 6.43. The third-order valence-electron chi connectivity index (χ3n) is 3.23. The number of hydrogen-bond acceptors (Lipinski definition) is 2. The molecule has 0 aliphatic heterocycles. The third kappa shape index (κ3) is 2.76. The van der Waals surface area contributed by atoms with E-state index in [1.165, 1.54) is 0 Å². The summed E-state index contributed by atoms with van der Waals surface area (Å²) >= 11 is 0. The summed E-state index contributed by atoms with van der Waals surface area (Å²) < 4.78 is 26.6. The van der Waals surface area contributed by atoms with Crippen LogP contribution in [-0.2, 0) is 6.54 Å². The van der Waals surface area contributed by atoms with E-state index in [0.717, 1.165) is 23.6 Å². The maximum absolute atomic E-state index is 13.5. The van der Waals surface area contributed by atoms with Gasteiger partial charge in [0.25, 0.3) is 5.56 Å². The molecule has 106 valence electrons. The Morgan fingerprint density at radius 1 is 1.05 bits per heavy atom. The van der Waals surface area contributed by atoms with Crippen molar-refractivity contribution < 1.29 is 8.78 Å². The molecule has 2 N–H and O–H groups in total. The number of pyridine rings is 1. The summed E-state index contributed by atoms with van der Waals surface area (Å²) in [4.78, 5) is 14.6. The smallest absolute Gasteiger partial charge is 0.257 e. The SMILES string of the molecule is O=c1[nH]c(NCc2cc(F)ccc2F)cc2ccccc12. The van der Waals surface area contributed by atoms with Crippen LogP contribution in [0.25, 0.3) is 10.8 Å². The maximum Gasteiger partial charge on any atom is 0.257 e. The van der Waals surface area contributed by atoms with Crippen molar-refractivity contribution in [1.82, 2.24) is 4.98 Å². The lowest BCUT2D eigenvalue weighted by molar-refractivity contribution is 0.587. The molecule has 0 saturated carbocycles. The quantitative estimate of drug-likeness (QED) is 0.775. The van der Waals surface area contributed by atoms with Crippen LogP contribution in [0.1, 0.15) is 5.56 Å². The summed E-state index contributed by atoms with van der Waals surface area (Å²) in [7, 11) is 0. The molecule has 0 atom stereocenters. The van der Waals surface area contributed by atoms with Crippen molar-refractivity contribution >= 4 is 16.6 Å². The van der Waals surface area contributed by atoms with E-state index >= 15 is 0 Å². The van der Waals surface area contributed by atoms with Gasteiger partial charge in [-0.15, -0.1) is 0 Å². The summed E-state index contributed by atoms with van der Waals surface area (Å²) in [5, 5.41) is 4.26. The van der Waals surface area contributed by atoms with E-state index in [0.29, 0.717) is 11.2 Å². The Hall–Kier alpha value is -2.69. The number of aromatic nitrogens is 1. The van der Waals surface area contributed by atoms with Crippen LogP contribution >= 0.6 is 0 Å². The van der Waals surface area contributed by atoms with Gasteiger partial charge in [0.15, 0.2) is 0 Å². The van der Waals surface area contributed by atoms with E-state index in [1.54, 1.807) is 18.2 Å². The van der Waals surface area contributed by atoms with E-state index in [-0.39, 0.29) is 17.7 Å². The van der Waals surface area contributed by atoms with Gasteiger partial charge in [0.05, 0.1) is 0 Å². The van der Waals surface area contributed by atoms with Gasteiger partial charge in [0.2, 0.25) is 0 Å². The molecule has 0 radical (unpaired) electrons. The van der Waals surface area contributed by atoms with Crippen molar-refractivity contribution in [1.29, 1.82) is 0 Å². The minimum Gasteiger partial charge on any atom is -0.367 e. The molecule has 3 aromatic rings. The number of rotatable bonds is 3. The van der Waals surface area contributed by atoms with Crippen LogP contribution in [0, 0.1) is 11.6 Å². The van der Waals surface area contributed by atoms with Crippen LogP contribution in [0.3, 0.4) is 0 Å². The molecule has 0 unspecified atom stereocenters. The molecule has 2 aromatic carbocycles. The van der Waals surface area contributed by atoms with Gasteiger partial charge in [-0.3, -0.25) is 4.79 Å². The third-order valence-corrected chi connectivity index (χ3v) is 3.23. The fraction of sp³-hybridized carbons (Fsp3) is 0.0625. The highest BCUT2D eigenvalue weighted by molar-refractivity contribution is 5.83. The van der Waals surface area contributed by atoms with Gasteiger partial charge in [-0.2, -0.15) is 0 Å². The lowest BCUT2D eigenvalue weighted by Gasteiger charge is -2.08. The Morgan fingerprint density at radius 3 is 2.71 bits per heavy atom. The summed E-state index contributed by atoms with van der Waals surface area (Å²) in [6, 6.07) is 12.2. The van der Waals surface area contributed by atoms with Gasteiger partial charge in [0.1, 0.15) is 17.5 Å². The fourth-order valence-electron chi connectivity index (χ4n) is 2.18. The first kappa shape index (κ1) is 13.3. The van der Waals surface area contributed by atoms with Crippen molar-refractivity contribution in [3.63, 3.8) is 0 Å². The number of aromatic amines is 1. The van der Waals surface area contributed by atoms with Crippen molar-refractivity contribution in [2.45, 2.75) is 6.54 Å². The second-order valence-corrected chi connectivity index (χ2v) is 4.69. The number of H-pyrrole nitrogens is 1. The van der Waals surface area contributed by atoms with Gasteiger partial charge in [-0.1, -0.05) is 18.2 Å². The predicted octanol–water partition coefficient (Wildman–Crippen LogP) is 3.42. The van der Waals surface area contributed by atoms with Crippen molar-refractivity contribution in [2.75, 3.05) is 5.32 Å². The van der Waals surface area contributed by atoms with Crippen LogP contribution < -0.4 is 10.9 Å². The molecule has 0 bridgehead atoms. The highest BCUT2D eigenvalue weighted by Gasteiger charge is 2.05. The highest BCUT2D eigenvalue weighted by Crippen LogP contribution is 2.15. The average Bonchev–Trinajstić information content (AvgIpc) is 2.48. The van der Waals surface area contributed by atoms with Crippen molar-refractivity contribution in [3.05, 3.63) is 76.1 Å². The number of hydrogen-bond donors (Lipinski definition) is 2. The van der Waals surface area contributed by atoms with Crippen molar-refractivity contribution in [3.8, 4) is 0 Å². The van der Waals surface area contributed by atoms with Gasteiger partial charge < -0.3 is 10.3 Å². The number of benzene rings is 2. The number of nitrogens with one attached hydrogen (secondary N) is 2. The second-order valence-electron chi connectivity index (χ2n) is 4.69. The van der Waals surface area contributed by atoms with Crippen LogP contribution in [0.4, 0.5) is 14.6 Å². The molecule has 1 heterocycles. The molecule has 3 rings (SSSR count). The molecular formula is C16H12F2N2O. The Labute approximate surface area is 119 Å². The van der Waals surface area contributed by atoms with Crippen LogP contribution in [0.2, 0.25) is 0 Å². The van der Waals surface area contributed by atoms with E-state index < -0.39 is 11.6 Å². The van der Waals surface area contributed by atoms with Crippen LogP contribution in [-0.4, -0.2) is 4.98 Å². The monoisotopic (exact) mass is 286 g/mol. The minimum atomic E-state index is -0.500. The Morgan fingerprint density at radius 2 is 1.86 bits per heavy atom. The summed E-state index contributed by atoms with van der Waals surface area (Å²) in [6.45, 7) is 0.0812. The van der Waals surface area contributed by atoms with Gasteiger partial charge >= 0.3 is 0 Å². The molecular weight excluding hydrogens is 274 g/mol. The second kappa shape index (κ2) is 5.36. The van der Waals surface area contributed by atoms with Crippen LogP contribution in [0.15, 0.2) is 53.3 Å². The van der Waals surface area contributed by atoms with Gasteiger partial charge in [-0.05, 0) is 35.7 Å². The Balaban J connectivity index is 1.88. The zero-order valence-electron chi connectivity index (χ0n) is 11.0. The molecule has 0 spiro atoms. The predicted molar refractivity (Wildman–Crippen MR) is 78.3 cm³/mol. The first-order valence-corrected chi connectivity index (χ1v) is 6.43.